The van der Waals surface area contributed by atoms with Crippen molar-refractivity contribution in [1.82, 2.24) is 20.5 Å². The van der Waals surface area contributed by atoms with Gasteiger partial charge in [0.2, 0.25) is 0 Å². The molecule has 0 saturated heterocycles. The Hall–Kier alpha value is -1.58. The predicted octanol–water partition coefficient (Wildman–Crippen LogP) is 3.79. The average molecular weight is 505 g/mol. The fourth-order valence-electron chi connectivity index (χ4n) is 2.28. The third kappa shape index (κ3) is 12.0. The highest BCUT2D eigenvalue weighted by Gasteiger charge is 2.22. The number of hydrogen-bond acceptors (Lipinski definition) is 4. The Labute approximate surface area is 186 Å². The number of halogens is 1. The SMILES string of the molecule is CN=C(NCCCN(Cc1cccnc1)C(=O)OC(C)(C)C)NC(C)(C)C.I. The summed E-state index contributed by atoms with van der Waals surface area (Å²) in [6.45, 7) is 13.6. The van der Waals surface area contributed by atoms with Crippen molar-refractivity contribution in [2.75, 3.05) is 20.1 Å². The van der Waals surface area contributed by atoms with E-state index in [4.69, 9.17) is 4.74 Å². The highest BCUT2D eigenvalue weighted by Crippen LogP contribution is 2.12. The molecule has 0 spiro atoms. The first-order chi connectivity index (χ1) is 12.5. The van der Waals surface area contributed by atoms with Crippen LogP contribution in [-0.4, -0.2) is 53.2 Å². The second kappa shape index (κ2) is 12.1. The third-order valence-corrected chi connectivity index (χ3v) is 3.36. The van der Waals surface area contributed by atoms with E-state index in [1.54, 1.807) is 24.3 Å². The smallest absolute Gasteiger partial charge is 0.410 e. The summed E-state index contributed by atoms with van der Waals surface area (Å²) in [6.07, 6.45) is 3.94. The van der Waals surface area contributed by atoms with E-state index in [2.05, 4.69) is 41.4 Å². The quantitative estimate of drug-likeness (QED) is 0.266. The van der Waals surface area contributed by atoms with E-state index in [0.29, 0.717) is 19.6 Å². The summed E-state index contributed by atoms with van der Waals surface area (Å²) in [5.74, 6) is 0.749. The topological polar surface area (TPSA) is 78.9 Å². The summed E-state index contributed by atoms with van der Waals surface area (Å²) in [4.78, 5) is 22.6. The van der Waals surface area contributed by atoms with Crippen molar-refractivity contribution in [3.8, 4) is 0 Å². The summed E-state index contributed by atoms with van der Waals surface area (Å²) in [5.41, 5.74) is 0.382. The molecule has 1 amide bonds. The van der Waals surface area contributed by atoms with Crippen LogP contribution in [0.25, 0.3) is 0 Å². The number of hydrogen-bond donors (Lipinski definition) is 2. The maximum Gasteiger partial charge on any atom is 0.410 e. The number of carbonyl (C=O) groups excluding carboxylic acids is 1. The van der Waals surface area contributed by atoms with Crippen molar-refractivity contribution in [3.63, 3.8) is 0 Å². The average Bonchev–Trinajstić information content (AvgIpc) is 2.54. The molecule has 0 saturated carbocycles. The van der Waals surface area contributed by atoms with Gasteiger partial charge in [-0.3, -0.25) is 9.98 Å². The molecule has 0 aromatic carbocycles. The van der Waals surface area contributed by atoms with Gasteiger partial charge in [0.1, 0.15) is 5.60 Å². The lowest BCUT2D eigenvalue weighted by Gasteiger charge is -2.28. The second-order valence-corrected chi connectivity index (χ2v) is 8.49. The van der Waals surface area contributed by atoms with E-state index in [0.717, 1.165) is 17.9 Å². The van der Waals surface area contributed by atoms with E-state index in [1.807, 2.05) is 32.9 Å². The van der Waals surface area contributed by atoms with Crippen LogP contribution in [0.4, 0.5) is 4.79 Å². The minimum absolute atomic E-state index is 0. The molecule has 0 aliphatic carbocycles. The van der Waals surface area contributed by atoms with Crippen molar-refractivity contribution in [1.29, 1.82) is 0 Å². The summed E-state index contributed by atoms with van der Waals surface area (Å²) in [6, 6.07) is 3.82. The Kier molecular flexibility index (Phi) is 11.4. The maximum atomic E-state index is 12.6. The molecule has 1 heterocycles. The van der Waals surface area contributed by atoms with Crippen molar-refractivity contribution in [2.45, 2.75) is 65.6 Å². The van der Waals surface area contributed by atoms with E-state index < -0.39 is 5.60 Å². The van der Waals surface area contributed by atoms with Gasteiger partial charge in [-0.15, -0.1) is 24.0 Å². The molecule has 2 N–H and O–H groups in total. The molecule has 0 radical (unpaired) electrons. The molecule has 1 aromatic heterocycles. The van der Waals surface area contributed by atoms with Crippen LogP contribution in [0, 0.1) is 0 Å². The molecule has 1 aromatic rings. The number of carbonyl (C=O) groups is 1. The van der Waals surface area contributed by atoms with Gasteiger partial charge in [0.15, 0.2) is 5.96 Å². The van der Waals surface area contributed by atoms with Gasteiger partial charge >= 0.3 is 6.09 Å². The van der Waals surface area contributed by atoms with E-state index in [-0.39, 0.29) is 35.6 Å². The molecule has 7 nitrogen and oxygen atoms in total. The Bertz CT molecular complexity index is 609. The predicted molar refractivity (Wildman–Crippen MR) is 125 cm³/mol. The number of ether oxygens (including phenoxy) is 1. The number of rotatable bonds is 6. The zero-order valence-electron chi connectivity index (χ0n) is 18.2. The van der Waals surface area contributed by atoms with Gasteiger partial charge in [-0.25, -0.2) is 4.79 Å². The highest BCUT2D eigenvalue weighted by atomic mass is 127. The Balaban J connectivity index is 0.00000729. The van der Waals surface area contributed by atoms with Crippen LogP contribution in [0.2, 0.25) is 0 Å². The number of aromatic nitrogens is 1. The number of aliphatic imine (C=N–C) groups is 1. The first-order valence-electron chi connectivity index (χ1n) is 9.36. The fourth-order valence-corrected chi connectivity index (χ4v) is 2.28. The molecule has 0 unspecified atom stereocenters. The van der Waals surface area contributed by atoms with Crippen molar-refractivity contribution in [2.24, 2.45) is 4.99 Å². The fraction of sp³-hybridized carbons (Fsp3) is 0.650. The first-order valence-corrected chi connectivity index (χ1v) is 9.36. The minimum Gasteiger partial charge on any atom is -0.444 e. The lowest BCUT2D eigenvalue weighted by Crippen LogP contribution is -2.48. The largest absolute Gasteiger partial charge is 0.444 e. The minimum atomic E-state index is -0.527. The molecular formula is C20H36IN5O2. The maximum absolute atomic E-state index is 12.6. The zero-order valence-corrected chi connectivity index (χ0v) is 20.5. The van der Waals surface area contributed by atoms with Gasteiger partial charge in [-0.1, -0.05) is 6.07 Å². The van der Waals surface area contributed by atoms with Crippen molar-refractivity contribution < 1.29 is 9.53 Å². The van der Waals surface area contributed by atoms with Crippen LogP contribution in [0.15, 0.2) is 29.5 Å². The summed E-state index contributed by atoms with van der Waals surface area (Å²) >= 11 is 0. The molecule has 160 valence electrons. The van der Waals surface area contributed by atoms with Gasteiger partial charge in [-0.2, -0.15) is 0 Å². The van der Waals surface area contributed by atoms with Gasteiger partial charge in [-0.05, 0) is 59.6 Å². The molecule has 0 fully saturated rings. The molecular weight excluding hydrogens is 469 g/mol. The Morgan fingerprint density at radius 3 is 2.43 bits per heavy atom. The monoisotopic (exact) mass is 505 g/mol. The van der Waals surface area contributed by atoms with Crippen LogP contribution < -0.4 is 10.6 Å². The normalized spacial score (nSPS) is 12.0. The molecule has 8 heteroatoms. The summed E-state index contributed by atoms with van der Waals surface area (Å²) in [5, 5.41) is 6.59. The molecule has 28 heavy (non-hydrogen) atoms. The van der Waals surface area contributed by atoms with Crippen molar-refractivity contribution >= 4 is 36.0 Å². The zero-order chi connectivity index (χ0) is 20.5. The number of nitrogens with one attached hydrogen (secondary N) is 2. The lowest BCUT2D eigenvalue weighted by atomic mass is 10.1. The highest BCUT2D eigenvalue weighted by molar-refractivity contribution is 14.0. The van der Waals surface area contributed by atoms with Gasteiger partial charge in [0.05, 0.1) is 6.54 Å². The Morgan fingerprint density at radius 1 is 1.25 bits per heavy atom. The van der Waals surface area contributed by atoms with Gasteiger partial charge in [0, 0.05) is 38.1 Å². The van der Waals surface area contributed by atoms with Crippen LogP contribution in [0.1, 0.15) is 53.5 Å². The molecule has 0 aliphatic rings. The van der Waals surface area contributed by atoms with Crippen molar-refractivity contribution in [3.05, 3.63) is 30.1 Å². The standard InChI is InChI=1S/C20H35N5O2.HI/c1-19(2,3)24-17(21-7)23-12-9-13-25(18(26)27-20(4,5)6)15-16-10-8-11-22-14-16;/h8,10-11,14H,9,12-13,15H2,1-7H3,(H2,21,23,24);1H. The van der Waals surface area contributed by atoms with Crippen LogP contribution in [0.3, 0.4) is 0 Å². The molecule has 0 atom stereocenters. The van der Waals surface area contributed by atoms with Crippen LogP contribution >= 0.6 is 24.0 Å². The number of amides is 1. The molecule has 0 aliphatic heterocycles. The number of guanidine groups is 1. The molecule has 1 rings (SSSR count). The van der Waals surface area contributed by atoms with E-state index in [1.165, 1.54) is 0 Å². The van der Waals surface area contributed by atoms with E-state index >= 15 is 0 Å². The van der Waals surface area contributed by atoms with Gasteiger partial charge < -0.3 is 20.3 Å². The lowest BCUT2D eigenvalue weighted by molar-refractivity contribution is 0.0232. The van der Waals surface area contributed by atoms with E-state index in [9.17, 15) is 4.79 Å². The number of pyridine rings is 1. The molecule has 0 bridgehead atoms. The van der Waals surface area contributed by atoms with Gasteiger partial charge in [0.25, 0.3) is 0 Å². The van der Waals surface area contributed by atoms with Crippen LogP contribution in [0.5, 0.6) is 0 Å². The summed E-state index contributed by atoms with van der Waals surface area (Å²) in [7, 11) is 1.75. The second-order valence-electron chi connectivity index (χ2n) is 8.49. The first kappa shape index (κ1) is 26.4. The number of nitrogens with zero attached hydrogens (tertiary/aromatic N) is 3. The third-order valence-electron chi connectivity index (χ3n) is 3.36. The Morgan fingerprint density at radius 2 is 1.93 bits per heavy atom. The summed E-state index contributed by atoms with van der Waals surface area (Å²) < 4.78 is 5.55. The van der Waals surface area contributed by atoms with Crippen LogP contribution in [-0.2, 0) is 11.3 Å².